The van der Waals surface area contributed by atoms with Gasteiger partial charge in [0.25, 0.3) is 12.3 Å². The first-order valence-corrected chi connectivity index (χ1v) is 12.0. The molecule has 0 saturated heterocycles. The number of halogens is 7. The van der Waals surface area contributed by atoms with Gasteiger partial charge >= 0.3 is 12.1 Å². The van der Waals surface area contributed by atoms with Crippen LogP contribution in [-0.2, 0) is 6.18 Å². The molecular weight excluding hydrogens is 550 g/mol. The van der Waals surface area contributed by atoms with E-state index in [1.165, 1.54) is 41.4 Å². The van der Waals surface area contributed by atoms with Gasteiger partial charge in [0.1, 0.15) is 17.9 Å². The van der Waals surface area contributed by atoms with Gasteiger partial charge in [0.15, 0.2) is 6.61 Å². The third-order valence-corrected chi connectivity index (χ3v) is 6.54. The van der Waals surface area contributed by atoms with Crippen molar-refractivity contribution in [2.24, 2.45) is 0 Å². The molecule has 0 aliphatic heterocycles. The number of nitrogens with zero attached hydrogens (tertiary/aromatic N) is 2. The molecule has 0 saturated carbocycles. The lowest BCUT2D eigenvalue weighted by Gasteiger charge is -2.21. The molecule has 1 atom stereocenters. The molecule has 196 valence electrons. The van der Waals surface area contributed by atoms with Crippen LogP contribution in [-0.4, -0.2) is 23.0 Å². The first-order chi connectivity index (χ1) is 18.1. The van der Waals surface area contributed by atoms with E-state index < -0.39 is 30.8 Å². The van der Waals surface area contributed by atoms with Gasteiger partial charge < -0.3 is 4.74 Å². The number of rotatable bonds is 7. The van der Waals surface area contributed by atoms with E-state index in [1.54, 1.807) is 30.3 Å². The summed E-state index contributed by atoms with van der Waals surface area (Å²) in [4.78, 5) is 6.83. The Labute approximate surface area is 223 Å². The second-order valence-corrected chi connectivity index (χ2v) is 9.14. The van der Waals surface area contributed by atoms with Crippen LogP contribution in [0.3, 0.4) is 0 Å². The highest BCUT2D eigenvalue weighted by Gasteiger charge is 2.41. The van der Waals surface area contributed by atoms with Gasteiger partial charge in [-0.1, -0.05) is 65.7 Å². The quantitative estimate of drug-likeness (QED) is 0.179. The number of H-pyrrole nitrogens is 1. The molecule has 0 bridgehead atoms. The first kappa shape index (κ1) is 26.0. The van der Waals surface area contributed by atoms with E-state index in [4.69, 9.17) is 27.9 Å². The number of nitrogens with one attached hydrogen (secondary N) is 2. The zero-order chi connectivity index (χ0) is 27.0. The molecule has 2 N–H and O–H groups in total. The highest BCUT2D eigenvalue weighted by molar-refractivity contribution is 6.39. The lowest BCUT2D eigenvalue weighted by molar-refractivity contribution is -0.689. The fourth-order valence-corrected chi connectivity index (χ4v) is 4.89. The Hall–Kier alpha value is -3.63. The molecule has 2 heterocycles. The van der Waals surface area contributed by atoms with Crippen LogP contribution in [0.4, 0.5) is 33.6 Å². The number of anilines is 2. The number of pyridine rings is 1. The van der Waals surface area contributed by atoms with Crippen molar-refractivity contribution in [2.45, 2.75) is 18.6 Å². The lowest BCUT2D eigenvalue weighted by atomic mass is 9.93. The molecule has 5 rings (SSSR count). The van der Waals surface area contributed by atoms with E-state index in [9.17, 15) is 22.0 Å². The molecule has 0 fully saturated rings. The van der Waals surface area contributed by atoms with Crippen LogP contribution in [0, 0.1) is 0 Å². The maximum atomic E-state index is 14.0. The number of hydrogen-bond acceptors (Lipinski definition) is 3. The molecule has 4 aromatic rings. The third kappa shape index (κ3) is 4.93. The van der Waals surface area contributed by atoms with Crippen LogP contribution in [0.15, 0.2) is 67.1 Å². The average Bonchev–Trinajstić information content (AvgIpc) is 3.45. The minimum atomic E-state index is -4.63. The molecule has 1 aliphatic rings. The van der Waals surface area contributed by atoms with Crippen LogP contribution < -0.4 is 14.6 Å². The fraction of sp³-hybridized carbons (Fsp3) is 0.154. The van der Waals surface area contributed by atoms with E-state index in [0.717, 1.165) is 6.07 Å². The van der Waals surface area contributed by atoms with E-state index in [1.807, 2.05) is 0 Å². The molecule has 38 heavy (non-hydrogen) atoms. The number of ether oxygens (including phenoxy) is 1. The largest absolute Gasteiger partial charge is 0.460 e. The van der Waals surface area contributed by atoms with Crippen LogP contribution in [0.1, 0.15) is 28.3 Å². The van der Waals surface area contributed by atoms with Crippen molar-refractivity contribution in [1.82, 2.24) is 9.97 Å². The summed E-state index contributed by atoms with van der Waals surface area (Å²) in [6.45, 7) is -0.930. The number of allylic oxidation sites excluding steroid dienone is 1. The van der Waals surface area contributed by atoms with Gasteiger partial charge in [-0.15, -0.1) is 0 Å². The smallest absolute Gasteiger partial charge is 0.416 e. The van der Waals surface area contributed by atoms with Gasteiger partial charge in [-0.3, -0.25) is 4.98 Å². The number of aromatic amines is 1. The van der Waals surface area contributed by atoms with Crippen molar-refractivity contribution in [3.63, 3.8) is 0 Å². The molecular formula is C26H18Cl2F5N4O+. The van der Waals surface area contributed by atoms with Gasteiger partial charge in [-0.2, -0.15) is 17.7 Å². The summed E-state index contributed by atoms with van der Waals surface area (Å²) in [7, 11) is 0. The second-order valence-electron chi connectivity index (χ2n) is 8.33. The summed E-state index contributed by atoms with van der Waals surface area (Å²) in [5, 5.41) is 3.36. The predicted octanol–water partition coefficient (Wildman–Crippen LogP) is 7.55. The van der Waals surface area contributed by atoms with Crippen molar-refractivity contribution >= 4 is 46.5 Å². The standard InChI is InChI=1S/C26H17Cl2F5N4O/c27-19-10-34-11-20(28)23(19)36-25-35-12-22(38-13-21(29)30)37(25)24-15-6-2-1-5-14(15)9-17(24)16-7-3-4-8-18(16)26(31,32)33/h1-12,21,24H,13H2,(H,34,35,36)/p+1. The summed E-state index contributed by atoms with van der Waals surface area (Å²) >= 11 is 12.6. The number of hydrogen-bond donors (Lipinski definition) is 2. The normalized spacial score (nSPS) is 14.9. The summed E-state index contributed by atoms with van der Waals surface area (Å²) in [5.41, 5.74) is 0.975. The highest BCUT2D eigenvalue weighted by Crippen LogP contribution is 2.45. The van der Waals surface area contributed by atoms with E-state index >= 15 is 0 Å². The highest BCUT2D eigenvalue weighted by atomic mass is 35.5. The fourth-order valence-electron chi connectivity index (χ4n) is 4.43. The summed E-state index contributed by atoms with van der Waals surface area (Å²) in [5.74, 6) is 0.146. The topological polar surface area (TPSA) is 53.8 Å². The Bertz CT molecular complexity index is 1500. The monoisotopic (exact) mass is 567 g/mol. The average molecular weight is 568 g/mol. The second kappa shape index (κ2) is 10.3. The van der Waals surface area contributed by atoms with Crippen molar-refractivity contribution in [1.29, 1.82) is 0 Å². The predicted molar refractivity (Wildman–Crippen MR) is 134 cm³/mol. The van der Waals surface area contributed by atoms with Gasteiger partial charge in [0.2, 0.25) is 0 Å². The first-order valence-electron chi connectivity index (χ1n) is 11.2. The van der Waals surface area contributed by atoms with Gasteiger partial charge in [0.05, 0.1) is 15.6 Å². The van der Waals surface area contributed by atoms with Crippen molar-refractivity contribution in [3.8, 4) is 5.88 Å². The minimum Gasteiger partial charge on any atom is -0.460 e. The molecule has 12 heteroatoms. The summed E-state index contributed by atoms with van der Waals surface area (Å²) in [6.07, 6.45) is -1.72. The SMILES string of the molecule is FC(F)COc1c[nH]c(Nc2c(Cl)cncc2Cl)[n+]1C1C(c2ccccc2C(F)(F)F)=Cc2ccccc21. The molecule has 1 unspecified atom stereocenters. The Morgan fingerprint density at radius 1 is 1.03 bits per heavy atom. The molecule has 0 radical (unpaired) electrons. The maximum absolute atomic E-state index is 14.0. The lowest BCUT2D eigenvalue weighted by Crippen LogP contribution is -2.42. The Morgan fingerprint density at radius 3 is 2.42 bits per heavy atom. The van der Waals surface area contributed by atoms with E-state index in [-0.39, 0.29) is 33.1 Å². The van der Waals surface area contributed by atoms with Gasteiger partial charge in [0, 0.05) is 23.5 Å². The Kier molecular flexibility index (Phi) is 7.02. The molecule has 0 spiro atoms. The van der Waals surface area contributed by atoms with Gasteiger partial charge in [-0.25, -0.2) is 19.1 Å². The Morgan fingerprint density at radius 2 is 1.71 bits per heavy atom. The van der Waals surface area contributed by atoms with Crippen LogP contribution in [0.2, 0.25) is 10.0 Å². The van der Waals surface area contributed by atoms with Crippen LogP contribution in [0.25, 0.3) is 11.6 Å². The number of alkyl halides is 5. The van der Waals surface area contributed by atoms with Gasteiger partial charge in [-0.05, 0) is 23.3 Å². The van der Waals surface area contributed by atoms with E-state index in [0.29, 0.717) is 16.7 Å². The summed E-state index contributed by atoms with van der Waals surface area (Å²) in [6, 6.07) is 11.3. The molecule has 0 amide bonds. The summed E-state index contributed by atoms with van der Waals surface area (Å²) < 4.78 is 75.3. The number of benzene rings is 2. The molecule has 2 aromatic carbocycles. The van der Waals surface area contributed by atoms with Crippen LogP contribution >= 0.6 is 23.2 Å². The van der Waals surface area contributed by atoms with Crippen molar-refractivity contribution in [2.75, 3.05) is 11.9 Å². The van der Waals surface area contributed by atoms with Crippen molar-refractivity contribution < 1.29 is 31.3 Å². The Balaban J connectivity index is 1.72. The van der Waals surface area contributed by atoms with Crippen molar-refractivity contribution in [3.05, 3.63) is 99.4 Å². The number of fused-ring (bicyclic) bond motifs is 1. The molecule has 1 aliphatic carbocycles. The van der Waals surface area contributed by atoms with Crippen LogP contribution in [0.5, 0.6) is 5.88 Å². The maximum Gasteiger partial charge on any atom is 0.416 e. The van der Waals surface area contributed by atoms with E-state index in [2.05, 4.69) is 15.3 Å². The minimum absolute atomic E-state index is 0.0359. The zero-order valence-corrected chi connectivity index (χ0v) is 20.8. The zero-order valence-electron chi connectivity index (χ0n) is 19.2. The molecule has 5 nitrogen and oxygen atoms in total. The third-order valence-electron chi connectivity index (χ3n) is 5.96. The number of imidazole rings is 1. The number of aromatic nitrogens is 3. The molecule has 2 aromatic heterocycles.